The standard InChI is InChI=1S/C10H19F2NO/c1-9(2)14-8-10(11,12)7-13-5-3-4-6-13/h9H,3-8H2,1-2H3. The molecule has 0 aromatic rings. The Labute approximate surface area is 84.2 Å². The zero-order valence-electron chi connectivity index (χ0n) is 8.93. The topological polar surface area (TPSA) is 12.5 Å². The Balaban J connectivity index is 2.25. The van der Waals surface area contributed by atoms with Gasteiger partial charge in [-0.3, -0.25) is 4.90 Å². The van der Waals surface area contributed by atoms with Crippen LogP contribution < -0.4 is 0 Å². The SMILES string of the molecule is CC(C)OCC(F)(F)CN1CCCC1. The average molecular weight is 207 g/mol. The van der Waals surface area contributed by atoms with Crippen molar-refractivity contribution in [3.63, 3.8) is 0 Å². The van der Waals surface area contributed by atoms with Crippen LogP contribution in [0.5, 0.6) is 0 Å². The molecule has 0 N–H and O–H groups in total. The van der Waals surface area contributed by atoms with Gasteiger partial charge in [-0.1, -0.05) is 0 Å². The van der Waals surface area contributed by atoms with Gasteiger partial charge in [0, 0.05) is 0 Å². The summed E-state index contributed by atoms with van der Waals surface area (Å²) in [6, 6.07) is 0. The summed E-state index contributed by atoms with van der Waals surface area (Å²) in [4.78, 5) is 1.81. The molecular formula is C10H19F2NO. The van der Waals surface area contributed by atoms with E-state index in [0.29, 0.717) is 0 Å². The highest BCUT2D eigenvalue weighted by atomic mass is 19.3. The fourth-order valence-electron chi connectivity index (χ4n) is 1.60. The Morgan fingerprint density at radius 1 is 1.29 bits per heavy atom. The van der Waals surface area contributed by atoms with E-state index in [9.17, 15) is 8.78 Å². The van der Waals surface area contributed by atoms with Crippen LogP contribution in [0, 0.1) is 0 Å². The van der Waals surface area contributed by atoms with Crippen LogP contribution in [0.2, 0.25) is 0 Å². The Bertz CT molecular complexity index is 168. The van der Waals surface area contributed by atoms with E-state index in [1.54, 1.807) is 13.8 Å². The van der Waals surface area contributed by atoms with Crippen molar-refractivity contribution in [3.05, 3.63) is 0 Å². The maximum absolute atomic E-state index is 13.3. The van der Waals surface area contributed by atoms with Gasteiger partial charge in [-0.2, -0.15) is 0 Å². The lowest BCUT2D eigenvalue weighted by Crippen LogP contribution is -2.39. The van der Waals surface area contributed by atoms with E-state index in [2.05, 4.69) is 0 Å². The second kappa shape index (κ2) is 5.03. The molecule has 1 aliphatic heterocycles. The molecule has 0 bridgehead atoms. The highest BCUT2D eigenvalue weighted by Gasteiger charge is 2.33. The van der Waals surface area contributed by atoms with Crippen LogP contribution in [0.4, 0.5) is 8.78 Å². The Kier molecular flexibility index (Phi) is 4.26. The average Bonchev–Trinajstić information content (AvgIpc) is 2.53. The molecule has 1 heterocycles. The lowest BCUT2D eigenvalue weighted by molar-refractivity contribution is -0.105. The van der Waals surface area contributed by atoms with Crippen molar-refractivity contribution in [2.45, 2.75) is 38.7 Å². The quantitative estimate of drug-likeness (QED) is 0.685. The zero-order chi connectivity index (χ0) is 10.6. The van der Waals surface area contributed by atoms with Crippen molar-refractivity contribution >= 4 is 0 Å². The lowest BCUT2D eigenvalue weighted by atomic mass is 10.3. The first kappa shape index (κ1) is 11.9. The normalized spacial score (nSPS) is 19.5. The van der Waals surface area contributed by atoms with Crippen molar-refractivity contribution < 1.29 is 13.5 Å². The Hall–Kier alpha value is -0.220. The molecular weight excluding hydrogens is 188 g/mol. The number of nitrogens with zero attached hydrogens (tertiary/aromatic N) is 1. The fraction of sp³-hybridized carbons (Fsp3) is 1.00. The fourth-order valence-corrected chi connectivity index (χ4v) is 1.60. The molecule has 0 saturated carbocycles. The van der Waals surface area contributed by atoms with Gasteiger partial charge in [0.15, 0.2) is 0 Å². The van der Waals surface area contributed by atoms with Crippen LogP contribution in [0.1, 0.15) is 26.7 Å². The van der Waals surface area contributed by atoms with E-state index in [1.807, 2.05) is 4.90 Å². The van der Waals surface area contributed by atoms with Gasteiger partial charge >= 0.3 is 0 Å². The molecule has 0 unspecified atom stereocenters. The highest BCUT2D eigenvalue weighted by molar-refractivity contribution is 4.75. The van der Waals surface area contributed by atoms with Crippen molar-refractivity contribution in [1.29, 1.82) is 0 Å². The third-order valence-corrected chi connectivity index (χ3v) is 2.28. The van der Waals surface area contributed by atoms with Crippen LogP contribution >= 0.6 is 0 Å². The zero-order valence-corrected chi connectivity index (χ0v) is 8.93. The maximum Gasteiger partial charge on any atom is 0.283 e. The summed E-state index contributed by atoms with van der Waals surface area (Å²) in [5, 5.41) is 0. The minimum atomic E-state index is -2.70. The van der Waals surface area contributed by atoms with Gasteiger partial charge in [-0.05, 0) is 39.8 Å². The molecule has 14 heavy (non-hydrogen) atoms. The summed E-state index contributed by atoms with van der Waals surface area (Å²) in [6.45, 7) is 4.54. The van der Waals surface area contributed by atoms with Gasteiger partial charge in [-0.15, -0.1) is 0 Å². The number of halogens is 2. The predicted octanol–water partition coefficient (Wildman–Crippen LogP) is 2.14. The molecule has 1 rings (SSSR count). The minimum absolute atomic E-state index is 0.126. The van der Waals surface area contributed by atoms with Crippen molar-refractivity contribution in [3.8, 4) is 0 Å². The van der Waals surface area contributed by atoms with Crippen LogP contribution in [-0.4, -0.2) is 43.2 Å². The second-order valence-corrected chi connectivity index (χ2v) is 4.20. The molecule has 84 valence electrons. The Morgan fingerprint density at radius 3 is 2.36 bits per heavy atom. The van der Waals surface area contributed by atoms with Gasteiger partial charge in [-0.25, -0.2) is 8.78 Å². The van der Waals surface area contributed by atoms with Crippen LogP contribution in [0.25, 0.3) is 0 Å². The predicted molar refractivity (Wildman–Crippen MR) is 51.7 cm³/mol. The van der Waals surface area contributed by atoms with E-state index < -0.39 is 12.5 Å². The largest absolute Gasteiger partial charge is 0.372 e. The summed E-state index contributed by atoms with van der Waals surface area (Å²) in [5.74, 6) is -2.70. The lowest BCUT2D eigenvalue weighted by Gasteiger charge is -2.23. The van der Waals surface area contributed by atoms with Crippen molar-refractivity contribution in [2.75, 3.05) is 26.2 Å². The van der Waals surface area contributed by atoms with E-state index in [0.717, 1.165) is 25.9 Å². The van der Waals surface area contributed by atoms with Gasteiger partial charge in [0.2, 0.25) is 0 Å². The Morgan fingerprint density at radius 2 is 1.86 bits per heavy atom. The number of ether oxygens (including phenoxy) is 1. The van der Waals surface area contributed by atoms with Crippen LogP contribution in [0.3, 0.4) is 0 Å². The third-order valence-electron chi connectivity index (χ3n) is 2.28. The molecule has 0 aliphatic carbocycles. The van der Waals surface area contributed by atoms with E-state index >= 15 is 0 Å². The van der Waals surface area contributed by atoms with Crippen molar-refractivity contribution in [1.82, 2.24) is 4.90 Å². The molecule has 1 aliphatic rings. The van der Waals surface area contributed by atoms with Crippen molar-refractivity contribution in [2.24, 2.45) is 0 Å². The maximum atomic E-state index is 13.3. The molecule has 0 aromatic heterocycles. The smallest absolute Gasteiger partial charge is 0.283 e. The number of likely N-dealkylation sites (tertiary alicyclic amines) is 1. The third kappa shape index (κ3) is 4.33. The van der Waals surface area contributed by atoms with Gasteiger partial charge in [0.1, 0.15) is 6.61 Å². The molecule has 0 spiro atoms. The summed E-state index contributed by atoms with van der Waals surface area (Å²) in [5.41, 5.74) is 0. The second-order valence-electron chi connectivity index (χ2n) is 4.20. The summed E-state index contributed by atoms with van der Waals surface area (Å²) in [7, 11) is 0. The number of hydrogen-bond acceptors (Lipinski definition) is 2. The first-order chi connectivity index (χ1) is 6.49. The molecule has 1 fully saturated rings. The molecule has 0 atom stereocenters. The van der Waals surface area contributed by atoms with Gasteiger partial charge < -0.3 is 4.74 Å². The monoisotopic (exact) mass is 207 g/mol. The van der Waals surface area contributed by atoms with Gasteiger partial charge in [0.05, 0.1) is 12.6 Å². The summed E-state index contributed by atoms with van der Waals surface area (Å²) >= 11 is 0. The summed E-state index contributed by atoms with van der Waals surface area (Å²) in [6.07, 6.45) is 1.96. The first-order valence-electron chi connectivity index (χ1n) is 5.21. The molecule has 4 heteroatoms. The molecule has 2 nitrogen and oxygen atoms in total. The van der Waals surface area contributed by atoms with Crippen LogP contribution in [-0.2, 0) is 4.74 Å². The highest BCUT2D eigenvalue weighted by Crippen LogP contribution is 2.19. The number of alkyl halides is 2. The van der Waals surface area contributed by atoms with Gasteiger partial charge in [0.25, 0.3) is 5.92 Å². The van der Waals surface area contributed by atoms with E-state index in [4.69, 9.17) is 4.74 Å². The minimum Gasteiger partial charge on any atom is -0.372 e. The first-order valence-corrected chi connectivity index (χ1v) is 5.21. The molecule has 1 saturated heterocycles. The van der Waals surface area contributed by atoms with E-state index in [-0.39, 0.29) is 12.6 Å². The number of rotatable bonds is 5. The molecule has 0 aromatic carbocycles. The molecule has 0 amide bonds. The van der Waals surface area contributed by atoms with Crippen LogP contribution in [0.15, 0.2) is 0 Å². The van der Waals surface area contributed by atoms with E-state index in [1.165, 1.54) is 0 Å². The number of hydrogen-bond donors (Lipinski definition) is 0. The summed E-state index contributed by atoms with van der Waals surface area (Å²) < 4.78 is 31.5. The molecule has 0 radical (unpaired) electrons.